The molecule has 0 saturated heterocycles. The Morgan fingerprint density at radius 1 is 1.10 bits per heavy atom. The summed E-state index contributed by atoms with van der Waals surface area (Å²) < 4.78 is 7.05. The summed E-state index contributed by atoms with van der Waals surface area (Å²) in [5.74, 6) is -0.285. The van der Waals surface area contributed by atoms with Crippen LogP contribution in [0.2, 0.25) is 0 Å². The van der Waals surface area contributed by atoms with Gasteiger partial charge in [0.05, 0.1) is 18.3 Å². The van der Waals surface area contributed by atoms with Crippen molar-refractivity contribution in [2.75, 3.05) is 0 Å². The molecule has 0 bridgehead atoms. The SMILES string of the molecule is Cc1noc(C)c1CN1C(=O)c2ccccc2C1c1cn(CC(=O)O)c2ccccc12. The number of carbonyl (C=O) groups is 2. The molecule has 1 amide bonds. The summed E-state index contributed by atoms with van der Waals surface area (Å²) in [4.78, 5) is 26.7. The van der Waals surface area contributed by atoms with Crippen LogP contribution in [0.15, 0.2) is 59.3 Å². The van der Waals surface area contributed by atoms with Crippen molar-refractivity contribution in [1.29, 1.82) is 0 Å². The van der Waals surface area contributed by atoms with Crippen molar-refractivity contribution in [3.05, 3.63) is 88.4 Å². The largest absolute Gasteiger partial charge is 0.480 e. The normalized spacial score (nSPS) is 15.6. The summed E-state index contributed by atoms with van der Waals surface area (Å²) in [6.45, 7) is 3.93. The molecule has 0 radical (unpaired) electrons. The molecule has 7 nitrogen and oxygen atoms in total. The predicted molar refractivity (Wildman–Crippen MR) is 114 cm³/mol. The van der Waals surface area contributed by atoms with E-state index in [4.69, 9.17) is 4.52 Å². The number of rotatable bonds is 5. The minimum Gasteiger partial charge on any atom is -0.480 e. The molecule has 0 aliphatic carbocycles. The Balaban J connectivity index is 1.70. The number of hydrogen-bond acceptors (Lipinski definition) is 4. The Bertz CT molecular complexity index is 1310. The number of carbonyl (C=O) groups excluding carboxylic acids is 1. The van der Waals surface area contributed by atoms with Crippen molar-refractivity contribution in [1.82, 2.24) is 14.6 Å². The van der Waals surface area contributed by atoms with Gasteiger partial charge in [-0.1, -0.05) is 41.6 Å². The molecule has 5 rings (SSSR count). The van der Waals surface area contributed by atoms with Crippen LogP contribution in [0, 0.1) is 13.8 Å². The fourth-order valence-electron chi connectivity index (χ4n) is 4.54. The van der Waals surface area contributed by atoms with Gasteiger partial charge in [0, 0.05) is 33.8 Å². The number of amides is 1. The second-order valence-corrected chi connectivity index (χ2v) is 7.85. The van der Waals surface area contributed by atoms with E-state index in [1.165, 1.54) is 0 Å². The van der Waals surface area contributed by atoms with Gasteiger partial charge >= 0.3 is 5.97 Å². The van der Waals surface area contributed by atoms with Crippen LogP contribution in [0.1, 0.15) is 44.5 Å². The van der Waals surface area contributed by atoms with Crippen LogP contribution < -0.4 is 0 Å². The van der Waals surface area contributed by atoms with E-state index in [1.807, 2.05) is 73.5 Å². The van der Waals surface area contributed by atoms with E-state index in [0.717, 1.165) is 33.3 Å². The molecule has 156 valence electrons. The number of aliphatic carboxylic acids is 1. The zero-order chi connectivity index (χ0) is 21.7. The summed E-state index contributed by atoms with van der Waals surface area (Å²) in [6, 6.07) is 15.0. The second-order valence-electron chi connectivity index (χ2n) is 7.85. The molecular formula is C24H21N3O4. The van der Waals surface area contributed by atoms with Crippen LogP contribution in [-0.2, 0) is 17.9 Å². The first-order chi connectivity index (χ1) is 15.0. The van der Waals surface area contributed by atoms with Crippen LogP contribution in [-0.4, -0.2) is 31.6 Å². The number of para-hydroxylation sites is 1. The molecule has 31 heavy (non-hydrogen) atoms. The molecule has 1 aliphatic heterocycles. The maximum absolute atomic E-state index is 13.4. The number of benzene rings is 2. The average molecular weight is 415 g/mol. The van der Waals surface area contributed by atoms with E-state index in [0.29, 0.717) is 17.9 Å². The standard InChI is InChI=1S/C24H21N3O4/c1-14-19(15(2)31-25-14)12-27-23(17-8-3-4-9-18(17)24(27)30)20-11-26(13-22(28)29)21-10-6-5-7-16(20)21/h3-11,23H,12-13H2,1-2H3,(H,28,29). The Morgan fingerprint density at radius 2 is 1.84 bits per heavy atom. The van der Waals surface area contributed by atoms with Gasteiger partial charge in [0.1, 0.15) is 12.3 Å². The smallest absolute Gasteiger partial charge is 0.323 e. The molecule has 3 heterocycles. The third kappa shape index (κ3) is 3.01. The van der Waals surface area contributed by atoms with E-state index in [9.17, 15) is 14.7 Å². The van der Waals surface area contributed by atoms with Gasteiger partial charge in [0.25, 0.3) is 5.91 Å². The van der Waals surface area contributed by atoms with Crippen molar-refractivity contribution in [3.63, 3.8) is 0 Å². The Morgan fingerprint density at radius 3 is 2.58 bits per heavy atom. The van der Waals surface area contributed by atoms with Crippen molar-refractivity contribution in [2.24, 2.45) is 0 Å². The summed E-state index contributed by atoms with van der Waals surface area (Å²) in [5, 5.41) is 14.3. The van der Waals surface area contributed by atoms with Gasteiger partial charge in [0.15, 0.2) is 0 Å². The maximum atomic E-state index is 13.4. The highest BCUT2D eigenvalue weighted by Gasteiger charge is 2.39. The highest BCUT2D eigenvalue weighted by molar-refractivity contribution is 6.01. The maximum Gasteiger partial charge on any atom is 0.323 e. The topological polar surface area (TPSA) is 88.6 Å². The monoisotopic (exact) mass is 415 g/mol. The van der Waals surface area contributed by atoms with Crippen molar-refractivity contribution >= 4 is 22.8 Å². The Labute approximate surface area is 178 Å². The minimum absolute atomic E-state index is 0.0596. The van der Waals surface area contributed by atoms with E-state index < -0.39 is 5.97 Å². The lowest BCUT2D eigenvalue weighted by Crippen LogP contribution is -2.28. The molecule has 0 spiro atoms. The number of fused-ring (bicyclic) bond motifs is 2. The molecule has 7 heteroatoms. The quantitative estimate of drug-likeness (QED) is 0.531. The van der Waals surface area contributed by atoms with Gasteiger partial charge in [-0.2, -0.15) is 0 Å². The van der Waals surface area contributed by atoms with Crippen molar-refractivity contribution < 1.29 is 19.2 Å². The van der Waals surface area contributed by atoms with Crippen molar-refractivity contribution in [2.45, 2.75) is 33.0 Å². The Kier molecular flexibility index (Phi) is 4.39. The summed E-state index contributed by atoms with van der Waals surface area (Å²) in [5.41, 5.74) is 4.96. The number of carboxylic acid groups (broad SMARTS) is 1. The first-order valence-electron chi connectivity index (χ1n) is 10.1. The molecule has 1 unspecified atom stereocenters. The minimum atomic E-state index is -0.914. The number of hydrogen-bond donors (Lipinski definition) is 1. The lowest BCUT2D eigenvalue weighted by atomic mass is 9.97. The van der Waals surface area contributed by atoms with Crippen LogP contribution >= 0.6 is 0 Å². The van der Waals surface area contributed by atoms with Crippen LogP contribution in [0.3, 0.4) is 0 Å². The first kappa shape index (κ1) is 19.1. The highest BCUT2D eigenvalue weighted by Crippen LogP contribution is 2.42. The van der Waals surface area contributed by atoms with E-state index in [2.05, 4.69) is 5.16 Å². The summed E-state index contributed by atoms with van der Waals surface area (Å²) >= 11 is 0. The van der Waals surface area contributed by atoms with E-state index in [-0.39, 0.29) is 18.5 Å². The van der Waals surface area contributed by atoms with Gasteiger partial charge in [-0.3, -0.25) is 9.59 Å². The Hall–Kier alpha value is -3.87. The molecule has 2 aromatic carbocycles. The van der Waals surface area contributed by atoms with Gasteiger partial charge < -0.3 is 19.1 Å². The van der Waals surface area contributed by atoms with Gasteiger partial charge in [-0.25, -0.2) is 0 Å². The van der Waals surface area contributed by atoms with Gasteiger partial charge in [-0.15, -0.1) is 0 Å². The van der Waals surface area contributed by atoms with E-state index >= 15 is 0 Å². The third-order valence-electron chi connectivity index (χ3n) is 5.99. The number of aromatic nitrogens is 2. The first-order valence-corrected chi connectivity index (χ1v) is 10.1. The van der Waals surface area contributed by atoms with Crippen LogP contribution in [0.5, 0.6) is 0 Å². The molecule has 4 aromatic rings. The molecule has 0 saturated carbocycles. The third-order valence-corrected chi connectivity index (χ3v) is 5.99. The summed E-state index contributed by atoms with van der Waals surface area (Å²) in [6.07, 6.45) is 1.86. The molecule has 0 fully saturated rings. The number of aryl methyl sites for hydroxylation is 2. The lowest BCUT2D eigenvalue weighted by Gasteiger charge is -2.25. The molecular weight excluding hydrogens is 394 g/mol. The average Bonchev–Trinajstić information content (AvgIpc) is 3.36. The molecule has 2 aromatic heterocycles. The van der Waals surface area contributed by atoms with Gasteiger partial charge in [0.2, 0.25) is 0 Å². The molecule has 1 N–H and O–H groups in total. The number of nitrogens with zero attached hydrogens (tertiary/aromatic N) is 3. The van der Waals surface area contributed by atoms with Crippen molar-refractivity contribution in [3.8, 4) is 0 Å². The zero-order valence-corrected chi connectivity index (χ0v) is 17.2. The molecule has 1 aliphatic rings. The lowest BCUT2D eigenvalue weighted by molar-refractivity contribution is -0.137. The van der Waals surface area contributed by atoms with E-state index in [1.54, 1.807) is 4.57 Å². The van der Waals surface area contributed by atoms with Crippen LogP contribution in [0.25, 0.3) is 10.9 Å². The second kappa shape index (κ2) is 7.12. The van der Waals surface area contributed by atoms with Gasteiger partial charge in [-0.05, 0) is 31.5 Å². The highest BCUT2D eigenvalue weighted by atomic mass is 16.5. The predicted octanol–water partition coefficient (Wildman–Crippen LogP) is 4.08. The molecule has 1 atom stereocenters. The fourth-order valence-corrected chi connectivity index (χ4v) is 4.54. The fraction of sp³-hybridized carbons (Fsp3) is 0.208. The number of carboxylic acids is 1. The zero-order valence-electron chi connectivity index (χ0n) is 17.2. The van der Waals surface area contributed by atoms with Crippen LogP contribution in [0.4, 0.5) is 0 Å². The summed E-state index contributed by atoms with van der Waals surface area (Å²) in [7, 11) is 0.